The highest BCUT2D eigenvalue weighted by atomic mass is 16.6. The van der Waals surface area contributed by atoms with Crippen molar-refractivity contribution in [1.82, 2.24) is 9.78 Å². The van der Waals surface area contributed by atoms with Gasteiger partial charge in [0.25, 0.3) is 0 Å². The van der Waals surface area contributed by atoms with Crippen molar-refractivity contribution in [2.45, 2.75) is 19.6 Å². The average Bonchev–Trinajstić information content (AvgIpc) is 2.86. The number of nitro groups is 1. The highest BCUT2D eigenvalue weighted by Gasteiger charge is 2.14. The maximum absolute atomic E-state index is 10.5. The van der Waals surface area contributed by atoms with Crippen LogP contribution in [0, 0.1) is 17.0 Å². The van der Waals surface area contributed by atoms with Gasteiger partial charge in [-0.3, -0.25) is 0 Å². The lowest BCUT2D eigenvalue weighted by atomic mass is 10.2. The molecular formula is C13H15N3O4. The lowest BCUT2D eigenvalue weighted by molar-refractivity contribution is -0.389. The van der Waals surface area contributed by atoms with E-state index < -0.39 is 11.0 Å². The Morgan fingerprint density at radius 1 is 1.45 bits per heavy atom. The van der Waals surface area contributed by atoms with Crippen LogP contribution >= 0.6 is 0 Å². The van der Waals surface area contributed by atoms with Crippen LogP contribution in [0.4, 0.5) is 5.82 Å². The number of hydrogen-bond acceptors (Lipinski definition) is 5. The van der Waals surface area contributed by atoms with Gasteiger partial charge in [0, 0.05) is 0 Å². The van der Waals surface area contributed by atoms with E-state index in [1.807, 2.05) is 31.2 Å². The third kappa shape index (κ3) is 3.55. The van der Waals surface area contributed by atoms with Gasteiger partial charge in [0.15, 0.2) is 0 Å². The first kappa shape index (κ1) is 14.0. The van der Waals surface area contributed by atoms with Crippen LogP contribution in [0.3, 0.4) is 0 Å². The van der Waals surface area contributed by atoms with Crippen molar-refractivity contribution in [3.8, 4) is 5.75 Å². The summed E-state index contributed by atoms with van der Waals surface area (Å²) >= 11 is 0. The Labute approximate surface area is 115 Å². The monoisotopic (exact) mass is 277 g/mol. The number of rotatable bonds is 6. The van der Waals surface area contributed by atoms with Gasteiger partial charge in [-0.2, -0.15) is 4.68 Å². The maximum Gasteiger partial charge on any atom is 0.389 e. The number of para-hydroxylation sites is 1. The van der Waals surface area contributed by atoms with Gasteiger partial charge in [0.1, 0.15) is 18.5 Å². The minimum absolute atomic E-state index is 0.0957. The van der Waals surface area contributed by atoms with E-state index in [1.165, 1.54) is 16.9 Å². The Morgan fingerprint density at radius 2 is 2.20 bits per heavy atom. The SMILES string of the molecule is Cc1ccccc1OCC(O)Cn1ccc([N+](=O)[O-])n1. The quantitative estimate of drug-likeness (QED) is 0.639. The molecular weight excluding hydrogens is 262 g/mol. The van der Waals surface area contributed by atoms with Crippen LogP contribution in [-0.2, 0) is 6.54 Å². The summed E-state index contributed by atoms with van der Waals surface area (Å²) in [5.41, 5.74) is 0.981. The molecule has 0 saturated heterocycles. The number of nitrogens with zero attached hydrogens (tertiary/aromatic N) is 3. The second-order valence-corrected chi connectivity index (χ2v) is 4.38. The molecule has 106 valence electrons. The summed E-state index contributed by atoms with van der Waals surface area (Å²) in [5, 5.41) is 24.1. The molecule has 0 fully saturated rings. The zero-order valence-corrected chi connectivity index (χ0v) is 11.0. The molecule has 1 aromatic heterocycles. The van der Waals surface area contributed by atoms with Crippen LogP contribution in [0.15, 0.2) is 36.5 Å². The van der Waals surface area contributed by atoms with E-state index in [2.05, 4.69) is 5.10 Å². The number of aromatic nitrogens is 2. The fourth-order valence-corrected chi connectivity index (χ4v) is 1.72. The summed E-state index contributed by atoms with van der Waals surface area (Å²) in [4.78, 5) is 9.91. The number of benzene rings is 1. The number of hydrogen-bond donors (Lipinski definition) is 1. The first-order chi connectivity index (χ1) is 9.56. The molecule has 1 heterocycles. The molecule has 0 aliphatic rings. The molecule has 7 heteroatoms. The van der Waals surface area contributed by atoms with Crippen LogP contribution in [0.1, 0.15) is 5.56 Å². The van der Waals surface area contributed by atoms with Crippen molar-refractivity contribution in [2.75, 3.05) is 6.61 Å². The average molecular weight is 277 g/mol. The summed E-state index contributed by atoms with van der Waals surface area (Å²) < 4.78 is 6.82. The lowest BCUT2D eigenvalue weighted by Gasteiger charge is -2.12. The van der Waals surface area contributed by atoms with Crippen molar-refractivity contribution in [1.29, 1.82) is 0 Å². The fourth-order valence-electron chi connectivity index (χ4n) is 1.72. The number of aliphatic hydroxyl groups is 1. The molecule has 0 spiro atoms. The minimum atomic E-state index is -0.797. The van der Waals surface area contributed by atoms with Gasteiger partial charge in [-0.15, -0.1) is 0 Å². The highest BCUT2D eigenvalue weighted by molar-refractivity contribution is 5.31. The number of aryl methyl sites for hydroxylation is 1. The highest BCUT2D eigenvalue weighted by Crippen LogP contribution is 2.16. The van der Waals surface area contributed by atoms with Gasteiger partial charge >= 0.3 is 5.82 Å². The van der Waals surface area contributed by atoms with Gasteiger partial charge in [-0.1, -0.05) is 18.2 Å². The third-order valence-electron chi connectivity index (χ3n) is 2.74. The molecule has 1 unspecified atom stereocenters. The smallest absolute Gasteiger partial charge is 0.389 e. The van der Waals surface area contributed by atoms with Crippen LogP contribution in [0.5, 0.6) is 5.75 Å². The van der Waals surface area contributed by atoms with Gasteiger partial charge in [-0.25, -0.2) is 0 Å². The van der Waals surface area contributed by atoms with Crippen molar-refractivity contribution in [2.24, 2.45) is 0 Å². The second-order valence-electron chi connectivity index (χ2n) is 4.38. The zero-order chi connectivity index (χ0) is 14.5. The van der Waals surface area contributed by atoms with Gasteiger partial charge in [-0.05, 0) is 23.5 Å². The summed E-state index contributed by atoms with van der Waals surface area (Å²) in [5.74, 6) is 0.468. The number of aliphatic hydroxyl groups excluding tert-OH is 1. The van der Waals surface area contributed by atoms with E-state index in [9.17, 15) is 15.2 Å². The molecule has 1 aromatic carbocycles. The van der Waals surface area contributed by atoms with Crippen molar-refractivity contribution in [3.63, 3.8) is 0 Å². The molecule has 0 aliphatic heterocycles. The zero-order valence-electron chi connectivity index (χ0n) is 11.0. The second kappa shape index (κ2) is 6.16. The molecule has 0 bridgehead atoms. The topological polar surface area (TPSA) is 90.4 Å². The predicted octanol–water partition coefficient (Wildman–Crippen LogP) is 1.54. The Kier molecular flexibility index (Phi) is 4.31. The summed E-state index contributed by atoms with van der Waals surface area (Å²) in [6.45, 7) is 2.15. The van der Waals surface area contributed by atoms with E-state index in [0.29, 0.717) is 5.75 Å². The van der Waals surface area contributed by atoms with Crippen LogP contribution in [0.25, 0.3) is 0 Å². The number of ether oxygens (including phenoxy) is 1. The Bertz CT molecular complexity index is 597. The Morgan fingerprint density at radius 3 is 2.85 bits per heavy atom. The molecule has 0 amide bonds. The van der Waals surface area contributed by atoms with Crippen LogP contribution < -0.4 is 4.74 Å². The first-order valence-corrected chi connectivity index (χ1v) is 6.10. The van der Waals surface area contributed by atoms with E-state index in [-0.39, 0.29) is 19.0 Å². The fraction of sp³-hybridized carbons (Fsp3) is 0.308. The normalized spacial score (nSPS) is 12.1. The molecule has 1 atom stereocenters. The molecule has 1 N–H and O–H groups in total. The molecule has 0 aliphatic carbocycles. The molecule has 0 radical (unpaired) electrons. The summed E-state index contributed by atoms with van der Waals surface area (Å²) in [7, 11) is 0. The van der Waals surface area contributed by atoms with E-state index >= 15 is 0 Å². The standard InChI is InChI=1S/C13H15N3O4/c1-10-4-2-3-5-12(10)20-9-11(17)8-15-7-6-13(14-15)16(18)19/h2-7,11,17H,8-9H2,1H3. The molecule has 7 nitrogen and oxygen atoms in total. The predicted molar refractivity (Wildman–Crippen MR) is 71.6 cm³/mol. The molecule has 2 rings (SSSR count). The lowest BCUT2D eigenvalue weighted by Crippen LogP contribution is -2.24. The molecule has 2 aromatic rings. The van der Waals surface area contributed by atoms with Gasteiger partial charge in [0.05, 0.1) is 23.9 Å². The third-order valence-corrected chi connectivity index (χ3v) is 2.74. The van der Waals surface area contributed by atoms with Crippen LogP contribution in [-0.4, -0.2) is 32.5 Å². The van der Waals surface area contributed by atoms with Gasteiger partial charge < -0.3 is 20.0 Å². The largest absolute Gasteiger partial charge is 0.491 e. The minimum Gasteiger partial charge on any atom is -0.491 e. The van der Waals surface area contributed by atoms with Gasteiger partial charge in [0.2, 0.25) is 0 Å². The maximum atomic E-state index is 10.5. The van der Waals surface area contributed by atoms with Crippen LogP contribution in [0.2, 0.25) is 0 Å². The first-order valence-electron chi connectivity index (χ1n) is 6.10. The van der Waals surface area contributed by atoms with Crippen molar-refractivity contribution >= 4 is 5.82 Å². The molecule has 20 heavy (non-hydrogen) atoms. The van der Waals surface area contributed by atoms with E-state index in [1.54, 1.807) is 0 Å². The van der Waals surface area contributed by atoms with Crippen molar-refractivity contribution < 1.29 is 14.8 Å². The van der Waals surface area contributed by atoms with E-state index in [4.69, 9.17) is 4.74 Å². The summed E-state index contributed by atoms with van der Waals surface area (Å²) in [6.07, 6.45) is 0.656. The van der Waals surface area contributed by atoms with Crippen molar-refractivity contribution in [3.05, 3.63) is 52.2 Å². The molecule has 0 saturated carbocycles. The Hall–Kier alpha value is -2.41. The Balaban J connectivity index is 1.87. The van der Waals surface area contributed by atoms with E-state index in [0.717, 1.165) is 5.56 Å². The summed E-state index contributed by atoms with van der Waals surface area (Å²) in [6, 6.07) is 8.78.